The Labute approximate surface area is 105 Å². The number of nitriles is 1. The van der Waals surface area contributed by atoms with Crippen molar-refractivity contribution < 1.29 is 0 Å². The number of aromatic nitrogens is 2. The Kier molecular flexibility index (Phi) is 3.38. The molecule has 0 spiro atoms. The third kappa shape index (κ3) is 2.44. The van der Waals surface area contributed by atoms with Gasteiger partial charge in [-0.25, -0.2) is 9.97 Å². The summed E-state index contributed by atoms with van der Waals surface area (Å²) in [6, 6.07) is 7.26. The highest BCUT2D eigenvalue weighted by Crippen LogP contribution is 2.24. The summed E-state index contributed by atoms with van der Waals surface area (Å²) in [4.78, 5) is 9.11. The van der Waals surface area contributed by atoms with Gasteiger partial charge in [0.1, 0.15) is 0 Å². The van der Waals surface area contributed by atoms with Crippen LogP contribution in [0.1, 0.15) is 11.1 Å². The predicted molar refractivity (Wildman–Crippen MR) is 67.3 cm³/mol. The van der Waals surface area contributed by atoms with Crippen LogP contribution in [0, 0.1) is 11.3 Å². The normalized spacial score (nSPS) is 9.94. The first-order valence-electron chi connectivity index (χ1n) is 4.99. The Hall–Kier alpha value is -1.90. The molecule has 1 aromatic carbocycles. The summed E-state index contributed by atoms with van der Waals surface area (Å²) in [6.45, 7) is 0.418. The molecule has 0 unspecified atom stereocenters. The number of nitrogens with zero attached hydrogens (tertiary/aromatic N) is 3. The Bertz CT molecular complexity index is 572. The van der Waals surface area contributed by atoms with E-state index in [2.05, 4.69) is 28.7 Å². The van der Waals surface area contributed by atoms with E-state index in [0.717, 1.165) is 11.1 Å². The maximum atomic E-state index is 8.76. The van der Waals surface area contributed by atoms with Gasteiger partial charge < -0.3 is 5.73 Å². The van der Waals surface area contributed by atoms with E-state index in [1.807, 2.05) is 0 Å². The lowest BCUT2D eigenvalue weighted by atomic mass is 10.1. The smallest absolute Gasteiger partial charge is 0.160 e. The number of benzene rings is 1. The molecule has 0 bridgehead atoms. The van der Waals surface area contributed by atoms with Crippen LogP contribution in [-0.4, -0.2) is 9.97 Å². The largest absolute Gasteiger partial charge is 0.326 e. The first kappa shape index (κ1) is 11.6. The number of hydrogen-bond acceptors (Lipinski definition) is 5. The summed E-state index contributed by atoms with van der Waals surface area (Å²) in [5.74, 6) is 0.580. The number of nitrogens with two attached hydrogens (primary N) is 1. The van der Waals surface area contributed by atoms with Gasteiger partial charge in [-0.15, -0.1) is 12.6 Å². The zero-order valence-corrected chi connectivity index (χ0v) is 9.85. The molecule has 84 valence electrons. The molecule has 4 nitrogen and oxygen atoms in total. The predicted octanol–water partition coefficient (Wildman–Crippen LogP) is 1.76. The van der Waals surface area contributed by atoms with E-state index < -0.39 is 0 Å². The van der Waals surface area contributed by atoms with Gasteiger partial charge in [-0.2, -0.15) is 5.26 Å². The summed E-state index contributed by atoms with van der Waals surface area (Å²) in [6.07, 6.45) is 3.38. The van der Waals surface area contributed by atoms with E-state index in [1.54, 1.807) is 30.6 Å². The van der Waals surface area contributed by atoms with Gasteiger partial charge in [0, 0.05) is 35.0 Å². The minimum absolute atomic E-state index is 0.418. The Morgan fingerprint density at radius 3 is 2.53 bits per heavy atom. The topological polar surface area (TPSA) is 75.6 Å². The number of hydrogen-bond donors (Lipinski definition) is 2. The van der Waals surface area contributed by atoms with Crippen LogP contribution in [0.4, 0.5) is 0 Å². The molecule has 0 aliphatic heterocycles. The minimum Gasteiger partial charge on any atom is -0.326 e. The van der Waals surface area contributed by atoms with Crippen LogP contribution >= 0.6 is 12.6 Å². The second-order valence-electron chi connectivity index (χ2n) is 3.46. The van der Waals surface area contributed by atoms with Gasteiger partial charge in [-0.3, -0.25) is 0 Å². The molecule has 2 N–H and O–H groups in total. The van der Waals surface area contributed by atoms with Crippen molar-refractivity contribution in [3.63, 3.8) is 0 Å². The second kappa shape index (κ2) is 4.95. The van der Waals surface area contributed by atoms with Gasteiger partial charge in [0.25, 0.3) is 0 Å². The van der Waals surface area contributed by atoms with Crippen LogP contribution in [0.2, 0.25) is 0 Å². The fourth-order valence-corrected chi connectivity index (χ4v) is 1.70. The van der Waals surface area contributed by atoms with Crippen molar-refractivity contribution in [3.8, 4) is 17.5 Å². The quantitative estimate of drug-likeness (QED) is 0.787. The van der Waals surface area contributed by atoms with Crippen molar-refractivity contribution in [2.24, 2.45) is 5.73 Å². The van der Waals surface area contributed by atoms with Crippen LogP contribution in [0.5, 0.6) is 0 Å². The average Bonchev–Trinajstić information content (AvgIpc) is 2.39. The Balaban J connectivity index is 2.42. The lowest BCUT2D eigenvalue weighted by Crippen LogP contribution is -1.99. The molecule has 17 heavy (non-hydrogen) atoms. The molecule has 0 aliphatic rings. The van der Waals surface area contributed by atoms with Gasteiger partial charge in [0.2, 0.25) is 0 Å². The molecule has 0 radical (unpaired) electrons. The van der Waals surface area contributed by atoms with Crippen LogP contribution in [-0.2, 0) is 6.54 Å². The zero-order valence-electron chi connectivity index (χ0n) is 8.96. The molecule has 0 saturated heterocycles. The molecule has 0 fully saturated rings. The Morgan fingerprint density at radius 2 is 2.00 bits per heavy atom. The van der Waals surface area contributed by atoms with E-state index in [-0.39, 0.29) is 0 Å². The molecule has 2 rings (SSSR count). The lowest BCUT2D eigenvalue weighted by Gasteiger charge is -2.04. The molecular weight excluding hydrogens is 232 g/mol. The number of rotatable bonds is 2. The van der Waals surface area contributed by atoms with E-state index in [4.69, 9.17) is 11.0 Å². The van der Waals surface area contributed by atoms with Gasteiger partial charge in [-0.1, -0.05) is 0 Å². The van der Waals surface area contributed by atoms with Gasteiger partial charge in [0.05, 0.1) is 11.6 Å². The summed E-state index contributed by atoms with van der Waals surface area (Å²) in [5, 5.41) is 8.76. The van der Waals surface area contributed by atoms with E-state index >= 15 is 0 Å². The highest BCUT2D eigenvalue weighted by Gasteiger charge is 2.06. The molecule has 0 atom stereocenters. The molecular formula is C12H10N4S. The fraction of sp³-hybridized carbons (Fsp3) is 0.0833. The van der Waals surface area contributed by atoms with Crippen LogP contribution in [0.3, 0.4) is 0 Å². The van der Waals surface area contributed by atoms with Crippen molar-refractivity contribution >= 4 is 12.6 Å². The highest BCUT2D eigenvalue weighted by molar-refractivity contribution is 7.80. The molecule has 1 aromatic heterocycles. The van der Waals surface area contributed by atoms with Crippen LogP contribution in [0.25, 0.3) is 11.4 Å². The van der Waals surface area contributed by atoms with E-state index in [1.165, 1.54) is 0 Å². The maximum Gasteiger partial charge on any atom is 0.160 e. The van der Waals surface area contributed by atoms with Crippen molar-refractivity contribution in [2.45, 2.75) is 11.4 Å². The monoisotopic (exact) mass is 242 g/mol. The van der Waals surface area contributed by atoms with Crippen molar-refractivity contribution in [3.05, 3.63) is 41.7 Å². The zero-order chi connectivity index (χ0) is 12.3. The Morgan fingerprint density at radius 1 is 1.29 bits per heavy atom. The lowest BCUT2D eigenvalue weighted by molar-refractivity contribution is 1.01. The fourth-order valence-electron chi connectivity index (χ4n) is 1.39. The summed E-state index contributed by atoms with van der Waals surface area (Å²) in [7, 11) is 0. The molecule has 0 aliphatic carbocycles. The van der Waals surface area contributed by atoms with Gasteiger partial charge >= 0.3 is 0 Å². The van der Waals surface area contributed by atoms with E-state index in [9.17, 15) is 0 Å². The molecule has 0 amide bonds. The summed E-state index contributed by atoms with van der Waals surface area (Å²) >= 11 is 4.33. The molecule has 1 heterocycles. The summed E-state index contributed by atoms with van der Waals surface area (Å²) in [5.41, 5.74) is 7.72. The van der Waals surface area contributed by atoms with Gasteiger partial charge in [-0.05, 0) is 18.2 Å². The van der Waals surface area contributed by atoms with Crippen LogP contribution < -0.4 is 5.73 Å². The first-order chi connectivity index (χ1) is 8.24. The van der Waals surface area contributed by atoms with Crippen molar-refractivity contribution in [2.75, 3.05) is 0 Å². The summed E-state index contributed by atoms with van der Waals surface area (Å²) < 4.78 is 0. The average molecular weight is 242 g/mol. The molecule has 5 heteroatoms. The highest BCUT2D eigenvalue weighted by atomic mass is 32.1. The SMILES string of the molecule is N#Cc1ccc(-c2ncc(CN)cn2)c(S)c1. The first-order valence-corrected chi connectivity index (χ1v) is 5.44. The third-order valence-corrected chi connectivity index (χ3v) is 2.68. The maximum absolute atomic E-state index is 8.76. The van der Waals surface area contributed by atoms with Gasteiger partial charge in [0.15, 0.2) is 5.82 Å². The number of thiol groups is 1. The van der Waals surface area contributed by atoms with Crippen LogP contribution in [0.15, 0.2) is 35.5 Å². The minimum atomic E-state index is 0.418. The molecule has 2 aromatic rings. The van der Waals surface area contributed by atoms with Crippen molar-refractivity contribution in [1.82, 2.24) is 9.97 Å². The standard InChI is InChI=1S/C12H10N4S/c13-4-8-1-2-10(11(17)3-8)12-15-6-9(5-14)7-16-12/h1-3,6-7,17H,5,14H2. The molecule has 0 saturated carbocycles. The van der Waals surface area contributed by atoms with E-state index in [0.29, 0.717) is 22.8 Å². The van der Waals surface area contributed by atoms with Crippen molar-refractivity contribution in [1.29, 1.82) is 5.26 Å². The third-order valence-electron chi connectivity index (χ3n) is 2.31. The second-order valence-corrected chi connectivity index (χ2v) is 3.94.